The van der Waals surface area contributed by atoms with Crippen LogP contribution in [0.15, 0.2) is 30.5 Å². The molecule has 0 N–H and O–H groups in total. The highest BCUT2D eigenvalue weighted by molar-refractivity contribution is 7.16. The maximum absolute atomic E-state index is 8.85. The topological polar surface area (TPSA) is 45.9 Å². The van der Waals surface area contributed by atoms with Gasteiger partial charge >= 0.3 is 0 Å². The molecule has 0 saturated carbocycles. The number of nitriles is 1. The van der Waals surface area contributed by atoms with Gasteiger partial charge in [-0.05, 0) is 24.1 Å². The Labute approximate surface area is 155 Å². The summed E-state index contributed by atoms with van der Waals surface area (Å²) in [5.41, 5.74) is 1.75. The fraction of sp³-hybridized carbons (Fsp3) is 0.524. The van der Waals surface area contributed by atoms with Crippen molar-refractivity contribution in [3.63, 3.8) is 0 Å². The molecule has 0 radical (unpaired) electrons. The Kier molecular flexibility index (Phi) is 9.07. The van der Waals surface area contributed by atoms with Gasteiger partial charge in [0.05, 0.1) is 23.1 Å². The monoisotopic (exact) mass is 356 g/mol. The third-order valence-corrected chi connectivity index (χ3v) is 5.22. The van der Waals surface area contributed by atoms with Gasteiger partial charge in [0.1, 0.15) is 0 Å². The third-order valence-electron chi connectivity index (χ3n) is 4.26. The van der Waals surface area contributed by atoms with Crippen LogP contribution >= 0.6 is 11.3 Å². The predicted octanol–water partition coefficient (Wildman–Crippen LogP) is 6.59. The molecule has 0 bridgehead atoms. The minimum atomic E-state index is 0.676. The number of ether oxygens (including phenoxy) is 1. The van der Waals surface area contributed by atoms with Crippen LogP contribution < -0.4 is 4.74 Å². The van der Waals surface area contributed by atoms with Gasteiger partial charge in [0.2, 0.25) is 0 Å². The molecule has 1 heterocycles. The van der Waals surface area contributed by atoms with E-state index >= 15 is 0 Å². The predicted molar refractivity (Wildman–Crippen MR) is 105 cm³/mol. The number of rotatable bonds is 12. The van der Waals surface area contributed by atoms with Gasteiger partial charge in [0.15, 0.2) is 0 Å². The van der Waals surface area contributed by atoms with E-state index in [-0.39, 0.29) is 0 Å². The number of benzene rings is 1. The molecule has 134 valence electrons. The van der Waals surface area contributed by atoms with Crippen LogP contribution in [0.1, 0.15) is 70.3 Å². The zero-order chi connectivity index (χ0) is 17.7. The normalized spacial score (nSPS) is 10.6. The van der Waals surface area contributed by atoms with Crippen molar-refractivity contribution in [1.82, 2.24) is 4.98 Å². The molecule has 0 aliphatic carbocycles. The molecular formula is C21H28N2OS. The molecule has 2 rings (SSSR count). The number of unbranched alkanes of at least 4 members (excludes halogenated alkanes) is 8. The number of hydrogen-bond acceptors (Lipinski definition) is 4. The van der Waals surface area contributed by atoms with Gasteiger partial charge in [-0.3, -0.25) is 0 Å². The molecule has 1 aromatic carbocycles. The van der Waals surface area contributed by atoms with Crippen LogP contribution in [-0.2, 0) is 0 Å². The van der Waals surface area contributed by atoms with Gasteiger partial charge in [-0.25, -0.2) is 4.98 Å². The number of aromatic nitrogens is 1. The van der Waals surface area contributed by atoms with Crippen molar-refractivity contribution in [3.05, 3.63) is 36.0 Å². The molecule has 0 aliphatic heterocycles. The summed E-state index contributed by atoms with van der Waals surface area (Å²) in [5, 5.41) is 9.58. The fourth-order valence-corrected chi connectivity index (χ4v) is 3.53. The first-order chi connectivity index (χ1) is 12.3. The Morgan fingerprint density at radius 3 is 2.24 bits per heavy atom. The molecule has 0 fully saturated rings. The SMILES string of the molecule is CCCCCCCCCCCOc1ncc(-c2ccc(C#N)cc2)s1. The zero-order valence-corrected chi connectivity index (χ0v) is 16.0. The van der Waals surface area contributed by atoms with E-state index in [4.69, 9.17) is 10.00 Å². The summed E-state index contributed by atoms with van der Waals surface area (Å²) in [5.74, 6) is 0. The quantitative estimate of drug-likeness (QED) is 0.403. The minimum Gasteiger partial charge on any atom is -0.470 e. The molecule has 4 heteroatoms. The van der Waals surface area contributed by atoms with Crippen LogP contribution in [0.5, 0.6) is 5.19 Å². The van der Waals surface area contributed by atoms with Crippen molar-refractivity contribution in [3.8, 4) is 21.7 Å². The summed E-state index contributed by atoms with van der Waals surface area (Å²) in [6, 6.07) is 9.71. The first kappa shape index (κ1) is 19.5. The standard InChI is InChI=1S/C21H28N2OS/c1-2-3-4-5-6-7-8-9-10-15-24-21-23-17-20(25-21)19-13-11-18(16-22)12-14-19/h11-14,17H,2-10,15H2,1H3. The van der Waals surface area contributed by atoms with Crippen LogP contribution in [-0.4, -0.2) is 11.6 Å². The first-order valence-corrected chi connectivity index (χ1v) is 10.2. The summed E-state index contributed by atoms with van der Waals surface area (Å²) in [6.45, 7) is 3.01. The molecule has 0 amide bonds. The lowest BCUT2D eigenvalue weighted by atomic mass is 10.1. The summed E-state index contributed by atoms with van der Waals surface area (Å²) in [4.78, 5) is 5.42. The molecular weight excluding hydrogens is 328 g/mol. The Balaban J connectivity index is 1.59. The third kappa shape index (κ3) is 7.27. The van der Waals surface area contributed by atoms with E-state index in [0.29, 0.717) is 5.56 Å². The Morgan fingerprint density at radius 2 is 1.60 bits per heavy atom. The van der Waals surface area contributed by atoms with Crippen LogP contribution in [0.3, 0.4) is 0 Å². The van der Waals surface area contributed by atoms with Gasteiger partial charge < -0.3 is 4.74 Å². The molecule has 0 unspecified atom stereocenters. The van der Waals surface area contributed by atoms with E-state index in [2.05, 4.69) is 18.0 Å². The van der Waals surface area contributed by atoms with E-state index in [9.17, 15) is 0 Å². The molecule has 1 aromatic heterocycles. The van der Waals surface area contributed by atoms with Gasteiger partial charge in [-0.2, -0.15) is 5.26 Å². The average molecular weight is 357 g/mol. The second-order valence-electron chi connectivity index (χ2n) is 6.36. The molecule has 25 heavy (non-hydrogen) atoms. The van der Waals surface area contributed by atoms with Gasteiger partial charge in [0, 0.05) is 6.20 Å². The maximum Gasteiger partial charge on any atom is 0.273 e. The summed E-state index contributed by atoms with van der Waals surface area (Å²) in [7, 11) is 0. The highest BCUT2D eigenvalue weighted by Gasteiger charge is 2.05. The molecule has 2 aromatic rings. The van der Waals surface area contributed by atoms with E-state index in [0.717, 1.165) is 28.7 Å². The molecule has 0 aliphatic rings. The lowest BCUT2D eigenvalue weighted by molar-refractivity contribution is 0.302. The molecule has 0 spiro atoms. The maximum atomic E-state index is 8.85. The second-order valence-corrected chi connectivity index (χ2v) is 7.35. The van der Waals surface area contributed by atoms with Crippen molar-refractivity contribution in [2.45, 2.75) is 64.7 Å². The van der Waals surface area contributed by atoms with Crippen LogP contribution in [0, 0.1) is 11.3 Å². The van der Waals surface area contributed by atoms with Crippen molar-refractivity contribution in [1.29, 1.82) is 5.26 Å². The Hall–Kier alpha value is -1.86. The van der Waals surface area contributed by atoms with Gasteiger partial charge in [-0.1, -0.05) is 81.8 Å². The molecule has 0 atom stereocenters. The molecule has 3 nitrogen and oxygen atoms in total. The average Bonchev–Trinajstić information content (AvgIpc) is 3.12. The number of nitrogens with zero attached hydrogens (tertiary/aromatic N) is 2. The van der Waals surface area contributed by atoms with E-state index < -0.39 is 0 Å². The van der Waals surface area contributed by atoms with E-state index in [1.54, 1.807) is 11.3 Å². The van der Waals surface area contributed by atoms with Crippen LogP contribution in [0.25, 0.3) is 10.4 Å². The second kappa shape index (κ2) is 11.7. The van der Waals surface area contributed by atoms with Crippen LogP contribution in [0.4, 0.5) is 0 Å². The van der Waals surface area contributed by atoms with Crippen molar-refractivity contribution >= 4 is 11.3 Å². The van der Waals surface area contributed by atoms with E-state index in [1.807, 2.05) is 30.5 Å². The zero-order valence-electron chi connectivity index (χ0n) is 15.2. The van der Waals surface area contributed by atoms with Gasteiger partial charge in [0.25, 0.3) is 5.19 Å². The summed E-state index contributed by atoms with van der Waals surface area (Å²) in [6.07, 6.45) is 13.7. The van der Waals surface area contributed by atoms with Gasteiger partial charge in [-0.15, -0.1) is 0 Å². The lowest BCUT2D eigenvalue weighted by Crippen LogP contribution is -1.96. The Morgan fingerprint density at radius 1 is 0.960 bits per heavy atom. The summed E-state index contributed by atoms with van der Waals surface area (Å²) >= 11 is 1.56. The first-order valence-electron chi connectivity index (χ1n) is 9.42. The minimum absolute atomic E-state index is 0.676. The molecule has 0 saturated heterocycles. The van der Waals surface area contributed by atoms with Crippen molar-refractivity contribution < 1.29 is 4.74 Å². The van der Waals surface area contributed by atoms with Crippen molar-refractivity contribution in [2.24, 2.45) is 0 Å². The Bertz CT molecular complexity index is 643. The number of thiazole rings is 1. The van der Waals surface area contributed by atoms with Crippen LogP contribution in [0.2, 0.25) is 0 Å². The smallest absolute Gasteiger partial charge is 0.273 e. The lowest BCUT2D eigenvalue weighted by Gasteiger charge is -2.03. The highest BCUT2D eigenvalue weighted by Crippen LogP contribution is 2.30. The number of hydrogen-bond donors (Lipinski definition) is 0. The largest absolute Gasteiger partial charge is 0.470 e. The highest BCUT2D eigenvalue weighted by atomic mass is 32.1. The summed E-state index contributed by atoms with van der Waals surface area (Å²) < 4.78 is 5.77. The van der Waals surface area contributed by atoms with Crippen molar-refractivity contribution in [2.75, 3.05) is 6.61 Å². The fourth-order valence-electron chi connectivity index (χ4n) is 2.74. The van der Waals surface area contributed by atoms with E-state index in [1.165, 1.54) is 51.4 Å².